The molecule has 0 bridgehead atoms. The summed E-state index contributed by atoms with van der Waals surface area (Å²) in [7, 11) is 0. The van der Waals surface area contributed by atoms with Crippen LogP contribution in [0.2, 0.25) is 0 Å². The van der Waals surface area contributed by atoms with E-state index in [1.807, 2.05) is 0 Å². The molecule has 2 aliphatic rings. The fraction of sp³-hybridized carbons (Fsp3) is 0.238. The van der Waals surface area contributed by atoms with E-state index >= 15 is 0 Å². The molecule has 23 heavy (non-hydrogen) atoms. The molecular formula is C21H24N2. The predicted octanol–water partition coefficient (Wildman–Crippen LogP) is 5.04. The summed E-state index contributed by atoms with van der Waals surface area (Å²) in [4.78, 5) is 0. The van der Waals surface area contributed by atoms with Gasteiger partial charge in [-0.2, -0.15) is 0 Å². The molecule has 1 atom stereocenters. The minimum atomic E-state index is 0.160. The Morgan fingerprint density at radius 2 is 1.96 bits per heavy atom. The van der Waals surface area contributed by atoms with Crippen LogP contribution in [0.1, 0.15) is 31.4 Å². The van der Waals surface area contributed by atoms with Gasteiger partial charge in [-0.15, -0.1) is 0 Å². The number of para-hydroxylation sites is 1. The lowest BCUT2D eigenvalue weighted by atomic mass is 10.0. The van der Waals surface area contributed by atoms with Gasteiger partial charge in [0.25, 0.3) is 0 Å². The van der Waals surface area contributed by atoms with Crippen LogP contribution in [-0.2, 0) is 0 Å². The number of fused-ring (bicyclic) bond motifs is 1. The van der Waals surface area contributed by atoms with Crippen molar-refractivity contribution in [3.63, 3.8) is 0 Å². The van der Waals surface area contributed by atoms with Crippen LogP contribution in [0.5, 0.6) is 0 Å². The fourth-order valence-electron chi connectivity index (χ4n) is 2.80. The molecule has 1 aliphatic carbocycles. The molecule has 2 N–H and O–H groups in total. The number of nitrogens with one attached hydrogen (secondary N) is 2. The van der Waals surface area contributed by atoms with E-state index in [4.69, 9.17) is 0 Å². The van der Waals surface area contributed by atoms with Gasteiger partial charge in [0.15, 0.2) is 0 Å². The molecule has 118 valence electrons. The Morgan fingerprint density at radius 3 is 2.91 bits per heavy atom. The lowest BCUT2D eigenvalue weighted by Gasteiger charge is -2.21. The highest BCUT2D eigenvalue weighted by atomic mass is 14.9. The van der Waals surface area contributed by atoms with Crippen LogP contribution in [0.15, 0.2) is 84.1 Å². The largest absolute Gasteiger partial charge is 0.381 e. The lowest BCUT2D eigenvalue weighted by molar-refractivity contribution is 0.728. The average molecular weight is 304 g/mol. The molecule has 0 saturated carbocycles. The maximum atomic E-state index is 3.67. The third kappa shape index (κ3) is 4.26. The number of benzene rings is 1. The second-order valence-electron chi connectivity index (χ2n) is 5.97. The molecule has 0 fully saturated rings. The lowest BCUT2D eigenvalue weighted by Crippen LogP contribution is -2.20. The minimum Gasteiger partial charge on any atom is -0.381 e. The highest BCUT2D eigenvalue weighted by molar-refractivity contribution is 5.54. The summed E-state index contributed by atoms with van der Waals surface area (Å²) in [5.41, 5.74) is 5.00. The third-order valence-electron chi connectivity index (χ3n) is 4.08. The molecule has 0 aromatic heterocycles. The van der Waals surface area contributed by atoms with Crippen LogP contribution >= 0.6 is 0 Å². The zero-order valence-electron chi connectivity index (χ0n) is 13.6. The van der Waals surface area contributed by atoms with E-state index in [2.05, 4.69) is 90.4 Å². The summed E-state index contributed by atoms with van der Waals surface area (Å²) in [5.74, 6) is 0. The first-order valence-electron chi connectivity index (χ1n) is 8.28. The highest BCUT2D eigenvalue weighted by Crippen LogP contribution is 2.26. The van der Waals surface area contributed by atoms with Gasteiger partial charge in [0.2, 0.25) is 0 Å². The van der Waals surface area contributed by atoms with E-state index in [0.29, 0.717) is 0 Å². The first-order chi connectivity index (χ1) is 11.3. The van der Waals surface area contributed by atoms with E-state index in [9.17, 15) is 0 Å². The van der Waals surface area contributed by atoms with Crippen LogP contribution in [-0.4, -0.2) is 6.54 Å². The van der Waals surface area contributed by atoms with Crippen LogP contribution in [0, 0.1) is 0 Å². The van der Waals surface area contributed by atoms with Crippen LogP contribution in [0.25, 0.3) is 0 Å². The van der Waals surface area contributed by atoms with E-state index < -0.39 is 0 Å². The summed E-state index contributed by atoms with van der Waals surface area (Å²) in [6, 6.07) is 8.69. The molecule has 3 rings (SSSR count). The Balaban J connectivity index is 1.90. The highest BCUT2D eigenvalue weighted by Gasteiger charge is 2.13. The maximum Gasteiger partial charge on any atom is 0.0718 e. The van der Waals surface area contributed by atoms with Gasteiger partial charge in [0.05, 0.1) is 6.04 Å². The predicted molar refractivity (Wildman–Crippen MR) is 99.3 cm³/mol. The molecule has 0 amide bonds. The Kier molecular flexibility index (Phi) is 5.15. The van der Waals surface area contributed by atoms with Gasteiger partial charge in [-0.3, -0.25) is 0 Å². The Hall–Kier alpha value is -2.48. The van der Waals surface area contributed by atoms with Crippen LogP contribution in [0.4, 0.5) is 5.69 Å². The van der Waals surface area contributed by atoms with Crippen molar-refractivity contribution in [2.45, 2.75) is 25.8 Å². The Morgan fingerprint density at radius 1 is 1.04 bits per heavy atom. The number of rotatable bonds is 2. The van der Waals surface area contributed by atoms with Crippen molar-refractivity contribution in [1.82, 2.24) is 5.32 Å². The van der Waals surface area contributed by atoms with Gasteiger partial charge < -0.3 is 10.6 Å². The molecule has 1 aromatic rings. The fourth-order valence-corrected chi connectivity index (χ4v) is 2.80. The van der Waals surface area contributed by atoms with Crippen molar-refractivity contribution in [2.24, 2.45) is 0 Å². The van der Waals surface area contributed by atoms with E-state index in [1.165, 1.54) is 16.8 Å². The summed E-state index contributed by atoms with van der Waals surface area (Å²) in [6.45, 7) is 3.03. The second kappa shape index (κ2) is 7.68. The van der Waals surface area contributed by atoms with E-state index in [1.54, 1.807) is 0 Å². The van der Waals surface area contributed by atoms with Gasteiger partial charge in [-0.1, -0.05) is 60.2 Å². The molecule has 1 aromatic carbocycles. The van der Waals surface area contributed by atoms with E-state index in [0.717, 1.165) is 25.1 Å². The topological polar surface area (TPSA) is 24.1 Å². The van der Waals surface area contributed by atoms with E-state index in [-0.39, 0.29) is 6.04 Å². The number of hydrogen-bond acceptors (Lipinski definition) is 2. The zero-order chi connectivity index (χ0) is 15.9. The molecule has 2 nitrogen and oxygen atoms in total. The first kappa shape index (κ1) is 15.4. The molecule has 1 unspecified atom stereocenters. The maximum absolute atomic E-state index is 3.67. The van der Waals surface area contributed by atoms with Gasteiger partial charge in [-0.25, -0.2) is 0 Å². The van der Waals surface area contributed by atoms with Crippen molar-refractivity contribution in [3.05, 3.63) is 89.7 Å². The number of allylic oxidation sites excluding steroid dienone is 7. The van der Waals surface area contributed by atoms with Crippen molar-refractivity contribution < 1.29 is 0 Å². The average Bonchev–Trinajstić information content (AvgIpc) is 2.78. The molecule has 1 heterocycles. The Labute approximate surface area is 139 Å². The van der Waals surface area contributed by atoms with Gasteiger partial charge in [0.1, 0.15) is 0 Å². The quantitative estimate of drug-likeness (QED) is 0.748. The number of anilines is 1. The van der Waals surface area contributed by atoms with Gasteiger partial charge in [-0.05, 0) is 38.0 Å². The van der Waals surface area contributed by atoms with Gasteiger partial charge in [0, 0.05) is 23.5 Å². The summed E-state index contributed by atoms with van der Waals surface area (Å²) < 4.78 is 0. The van der Waals surface area contributed by atoms with Crippen LogP contribution < -0.4 is 10.6 Å². The van der Waals surface area contributed by atoms with Crippen molar-refractivity contribution in [3.8, 4) is 0 Å². The standard InChI is InChI=1S/C21H24N2/c1-17-9-8-10-18(15-14-17)23-21-13-4-2-3-7-16-22-20-12-6-5-11-19(20)21/h3-8,10-15,21-23H,2,9,16H2,1H3/b7-3-,13-4-. The molecule has 2 heteroatoms. The van der Waals surface area contributed by atoms with Crippen molar-refractivity contribution in [1.29, 1.82) is 0 Å². The molecule has 0 saturated heterocycles. The first-order valence-corrected chi connectivity index (χ1v) is 8.28. The molecule has 1 aliphatic heterocycles. The SMILES string of the molecule is CC1=CC=C(NC2/C=C\C/C=C\CNc3ccccc32)C=CC1. The van der Waals surface area contributed by atoms with Crippen molar-refractivity contribution in [2.75, 3.05) is 11.9 Å². The molecule has 0 spiro atoms. The number of hydrogen-bond donors (Lipinski definition) is 2. The summed E-state index contributed by atoms with van der Waals surface area (Å²) >= 11 is 0. The monoisotopic (exact) mass is 304 g/mol. The normalized spacial score (nSPS) is 23.4. The Bertz CT molecular complexity index is 690. The molecule has 0 radical (unpaired) electrons. The minimum absolute atomic E-state index is 0.160. The van der Waals surface area contributed by atoms with Gasteiger partial charge >= 0.3 is 0 Å². The second-order valence-corrected chi connectivity index (χ2v) is 5.97. The van der Waals surface area contributed by atoms with Crippen LogP contribution in [0.3, 0.4) is 0 Å². The smallest absolute Gasteiger partial charge is 0.0718 e. The summed E-state index contributed by atoms with van der Waals surface area (Å²) in [5, 5.41) is 7.18. The third-order valence-corrected chi connectivity index (χ3v) is 4.08. The van der Waals surface area contributed by atoms with Crippen molar-refractivity contribution >= 4 is 5.69 Å². The zero-order valence-corrected chi connectivity index (χ0v) is 13.6. The summed E-state index contributed by atoms with van der Waals surface area (Å²) in [6.07, 6.45) is 19.6. The molecular weight excluding hydrogens is 280 g/mol.